The molecular formula is C15H20N4. The molecule has 0 saturated heterocycles. The summed E-state index contributed by atoms with van der Waals surface area (Å²) in [5.74, 6) is 0. The third-order valence-corrected chi connectivity index (χ3v) is 3.07. The van der Waals surface area contributed by atoms with Gasteiger partial charge in [0.1, 0.15) is 0 Å². The topological polar surface area (TPSA) is 55.0 Å². The summed E-state index contributed by atoms with van der Waals surface area (Å²) in [5.41, 5.74) is 11.0. The van der Waals surface area contributed by atoms with E-state index in [2.05, 4.69) is 28.0 Å². The van der Waals surface area contributed by atoms with Crippen LogP contribution in [0.25, 0.3) is 0 Å². The van der Waals surface area contributed by atoms with Gasteiger partial charge in [-0.25, -0.2) is 0 Å². The summed E-state index contributed by atoms with van der Waals surface area (Å²) in [6, 6.07) is 8.15. The molecule has 2 N–H and O–H groups in total. The predicted octanol–water partition coefficient (Wildman–Crippen LogP) is 2.19. The first-order valence-electron chi connectivity index (χ1n) is 6.39. The Morgan fingerprint density at radius 3 is 2.68 bits per heavy atom. The maximum absolute atomic E-state index is 5.77. The van der Waals surface area contributed by atoms with Crippen LogP contribution in [0, 0.1) is 13.8 Å². The molecule has 0 aliphatic heterocycles. The first-order valence-corrected chi connectivity index (χ1v) is 6.39. The number of aryl methyl sites for hydroxylation is 2. The molecule has 0 aliphatic rings. The summed E-state index contributed by atoms with van der Waals surface area (Å²) in [4.78, 5) is 11.0. The number of nitrogens with zero attached hydrogens (tertiary/aromatic N) is 3. The van der Waals surface area contributed by atoms with E-state index in [-0.39, 0.29) is 0 Å². The third-order valence-electron chi connectivity index (χ3n) is 3.07. The Balaban J connectivity index is 2.24. The van der Waals surface area contributed by atoms with E-state index < -0.39 is 0 Å². The largest absolute Gasteiger partial charge is 0.368 e. The van der Waals surface area contributed by atoms with Crippen molar-refractivity contribution < 1.29 is 0 Å². The molecule has 0 aliphatic carbocycles. The number of nitrogens with two attached hydrogens (primary N) is 1. The van der Waals surface area contributed by atoms with Crippen LogP contribution in [-0.4, -0.2) is 17.0 Å². The Morgan fingerprint density at radius 1 is 1.21 bits per heavy atom. The first-order chi connectivity index (χ1) is 9.10. The van der Waals surface area contributed by atoms with E-state index in [0.717, 1.165) is 34.9 Å². The number of pyridine rings is 2. The summed E-state index contributed by atoms with van der Waals surface area (Å²) in [5, 5.41) is 0. The maximum atomic E-state index is 5.77. The average molecular weight is 256 g/mol. The molecule has 19 heavy (non-hydrogen) atoms. The van der Waals surface area contributed by atoms with Gasteiger partial charge in [-0.15, -0.1) is 0 Å². The lowest BCUT2D eigenvalue weighted by molar-refractivity contribution is 0.860. The Hall–Kier alpha value is -1.94. The number of hydrogen-bond donors (Lipinski definition) is 1. The van der Waals surface area contributed by atoms with Crippen LogP contribution in [0.15, 0.2) is 30.5 Å². The van der Waals surface area contributed by atoms with E-state index in [0.29, 0.717) is 6.54 Å². The van der Waals surface area contributed by atoms with Crippen LogP contribution in [-0.2, 0) is 13.1 Å². The molecule has 2 aromatic rings. The number of rotatable bonds is 4. The van der Waals surface area contributed by atoms with Gasteiger partial charge in [0.15, 0.2) is 0 Å². The van der Waals surface area contributed by atoms with Crippen molar-refractivity contribution in [1.82, 2.24) is 9.97 Å². The van der Waals surface area contributed by atoms with Crippen LogP contribution < -0.4 is 10.6 Å². The highest BCUT2D eigenvalue weighted by Gasteiger charge is 2.09. The Labute approximate surface area is 114 Å². The lowest BCUT2D eigenvalue weighted by atomic mass is 10.2. The van der Waals surface area contributed by atoms with Gasteiger partial charge in [-0.1, -0.05) is 6.07 Å². The molecule has 2 aromatic heterocycles. The molecule has 0 spiro atoms. The first kappa shape index (κ1) is 13.5. The Bertz CT molecular complexity index is 566. The van der Waals surface area contributed by atoms with Crippen LogP contribution in [0.4, 0.5) is 5.69 Å². The predicted molar refractivity (Wildman–Crippen MR) is 77.9 cm³/mol. The smallest absolute Gasteiger partial charge is 0.0600 e. The minimum Gasteiger partial charge on any atom is -0.368 e. The zero-order valence-electron chi connectivity index (χ0n) is 11.7. The van der Waals surface area contributed by atoms with Crippen molar-refractivity contribution in [3.05, 3.63) is 53.1 Å². The highest BCUT2D eigenvalue weighted by atomic mass is 15.1. The van der Waals surface area contributed by atoms with Crippen molar-refractivity contribution in [3.63, 3.8) is 0 Å². The normalized spacial score (nSPS) is 10.5. The molecule has 0 saturated carbocycles. The van der Waals surface area contributed by atoms with Gasteiger partial charge in [-0.2, -0.15) is 0 Å². The van der Waals surface area contributed by atoms with Crippen LogP contribution in [0.2, 0.25) is 0 Å². The van der Waals surface area contributed by atoms with Crippen molar-refractivity contribution >= 4 is 5.69 Å². The van der Waals surface area contributed by atoms with Gasteiger partial charge in [0, 0.05) is 42.4 Å². The molecule has 0 bridgehead atoms. The summed E-state index contributed by atoms with van der Waals surface area (Å²) in [6.45, 7) is 5.25. The van der Waals surface area contributed by atoms with Crippen LogP contribution in [0.3, 0.4) is 0 Å². The molecule has 0 aromatic carbocycles. The lowest BCUT2D eigenvalue weighted by Crippen LogP contribution is -2.20. The van der Waals surface area contributed by atoms with Gasteiger partial charge in [-0.05, 0) is 32.0 Å². The fourth-order valence-electron chi connectivity index (χ4n) is 2.10. The van der Waals surface area contributed by atoms with Crippen LogP contribution in [0.1, 0.15) is 22.6 Å². The second-order valence-electron chi connectivity index (χ2n) is 4.78. The van der Waals surface area contributed by atoms with Crippen molar-refractivity contribution in [2.75, 3.05) is 11.9 Å². The van der Waals surface area contributed by atoms with Crippen LogP contribution in [0.5, 0.6) is 0 Å². The van der Waals surface area contributed by atoms with Gasteiger partial charge in [0.05, 0.1) is 12.2 Å². The lowest BCUT2D eigenvalue weighted by Gasteiger charge is -2.22. The standard InChI is InChI=1S/C15H20N4/c1-11-5-4-6-14(18-11)10-19(3)15-7-12(2)17-9-13(15)8-16/h4-7,9H,8,10,16H2,1-3H3. The molecule has 0 atom stereocenters. The molecular weight excluding hydrogens is 236 g/mol. The fraction of sp³-hybridized carbons (Fsp3) is 0.333. The summed E-state index contributed by atoms with van der Waals surface area (Å²) >= 11 is 0. The van der Waals surface area contributed by atoms with Crippen molar-refractivity contribution in [3.8, 4) is 0 Å². The van der Waals surface area contributed by atoms with E-state index in [1.165, 1.54) is 0 Å². The minimum atomic E-state index is 0.494. The molecule has 0 radical (unpaired) electrons. The maximum Gasteiger partial charge on any atom is 0.0600 e. The third kappa shape index (κ3) is 3.29. The number of anilines is 1. The summed E-state index contributed by atoms with van der Waals surface area (Å²) in [7, 11) is 2.05. The SMILES string of the molecule is Cc1cc(N(C)Cc2cccc(C)n2)c(CN)cn1. The molecule has 2 rings (SSSR count). The average Bonchev–Trinajstić information content (AvgIpc) is 2.38. The minimum absolute atomic E-state index is 0.494. The molecule has 0 unspecified atom stereocenters. The molecule has 2 heterocycles. The van der Waals surface area contributed by atoms with Crippen molar-refractivity contribution in [1.29, 1.82) is 0 Å². The quantitative estimate of drug-likeness (QED) is 0.911. The summed E-state index contributed by atoms with van der Waals surface area (Å²) < 4.78 is 0. The van der Waals surface area contributed by atoms with E-state index in [1.807, 2.05) is 38.2 Å². The molecule has 0 amide bonds. The zero-order valence-corrected chi connectivity index (χ0v) is 11.7. The molecule has 4 nitrogen and oxygen atoms in total. The second-order valence-corrected chi connectivity index (χ2v) is 4.78. The zero-order chi connectivity index (χ0) is 13.8. The van der Waals surface area contributed by atoms with Crippen molar-refractivity contribution in [2.24, 2.45) is 5.73 Å². The van der Waals surface area contributed by atoms with Gasteiger partial charge < -0.3 is 10.6 Å². The number of aromatic nitrogens is 2. The van der Waals surface area contributed by atoms with Gasteiger partial charge in [0.25, 0.3) is 0 Å². The highest BCUT2D eigenvalue weighted by Crippen LogP contribution is 2.20. The Morgan fingerprint density at radius 2 is 2.00 bits per heavy atom. The second kappa shape index (κ2) is 5.80. The molecule has 100 valence electrons. The van der Waals surface area contributed by atoms with Gasteiger partial charge in [0.2, 0.25) is 0 Å². The van der Waals surface area contributed by atoms with Gasteiger partial charge in [-0.3, -0.25) is 9.97 Å². The van der Waals surface area contributed by atoms with Gasteiger partial charge >= 0.3 is 0 Å². The van der Waals surface area contributed by atoms with Crippen LogP contribution >= 0.6 is 0 Å². The molecule has 0 fully saturated rings. The fourth-order valence-corrected chi connectivity index (χ4v) is 2.10. The van der Waals surface area contributed by atoms with E-state index >= 15 is 0 Å². The van der Waals surface area contributed by atoms with Crippen molar-refractivity contribution in [2.45, 2.75) is 26.9 Å². The highest BCUT2D eigenvalue weighted by molar-refractivity contribution is 5.53. The monoisotopic (exact) mass is 256 g/mol. The van der Waals surface area contributed by atoms with E-state index in [1.54, 1.807) is 0 Å². The summed E-state index contributed by atoms with van der Waals surface area (Å²) in [6.07, 6.45) is 1.85. The van der Waals surface area contributed by atoms with E-state index in [9.17, 15) is 0 Å². The van der Waals surface area contributed by atoms with E-state index in [4.69, 9.17) is 5.73 Å². The molecule has 4 heteroatoms. The Kier molecular flexibility index (Phi) is 4.12. The number of hydrogen-bond acceptors (Lipinski definition) is 4.